The van der Waals surface area contributed by atoms with Crippen LogP contribution in [-0.4, -0.2) is 127 Å². The lowest BCUT2D eigenvalue weighted by Gasteiger charge is -2.48. The molecule has 0 aromatic heterocycles. The van der Waals surface area contributed by atoms with Gasteiger partial charge in [0.15, 0.2) is 0 Å². The molecule has 3 saturated heterocycles. The number of unbranched alkanes of at least 4 members (excludes halogenated alkanes) is 3. The van der Waals surface area contributed by atoms with Crippen LogP contribution in [0.1, 0.15) is 106 Å². The van der Waals surface area contributed by atoms with Crippen LogP contribution >= 0.6 is 0 Å². The summed E-state index contributed by atoms with van der Waals surface area (Å²) in [5, 5.41) is 6.62. The van der Waals surface area contributed by atoms with Gasteiger partial charge in [0.25, 0.3) is 0 Å². The molecule has 0 aromatic rings. The minimum absolute atomic E-state index is 0.0373. The topological polar surface area (TPSA) is 132 Å². The summed E-state index contributed by atoms with van der Waals surface area (Å²) in [4.78, 5) is 38.0. The van der Waals surface area contributed by atoms with Gasteiger partial charge in [-0.1, -0.05) is 52.9 Å². The van der Waals surface area contributed by atoms with Crippen molar-refractivity contribution in [3.8, 4) is 0 Å². The van der Waals surface area contributed by atoms with Crippen LogP contribution < -0.4 is 22.1 Å². The monoisotopic (exact) mass is 697 g/mol. The Bertz CT molecular complexity index is 1040. The third-order valence-corrected chi connectivity index (χ3v) is 10.9. The van der Waals surface area contributed by atoms with Crippen molar-refractivity contribution in [1.82, 2.24) is 25.3 Å². The first kappa shape index (κ1) is 41.7. The normalized spacial score (nSPS) is 26.5. The molecule has 0 spiro atoms. The zero-order valence-electron chi connectivity index (χ0n) is 31.6. The number of carbonyl (C=O) groups is 2. The van der Waals surface area contributed by atoms with Gasteiger partial charge in [0.05, 0.1) is 24.8 Å². The highest BCUT2D eigenvalue weighted by Gasteiger charge is 2.44. The van der Waals surface area contributed by atoms with Crippen LogP contribution in [0.5, 0.6) is 0 Å². The SMILES string of the molecule is CCCCCCN1CC(F)C(N2CCC(C(=O)N3CCNC(C)(C)C3)CC2)C(NC(=O)C(/C(C)=N/CC(F)CCC(C)CCC)C(N)N)C1. The Morgan fingerprint density at radius 1 is 1.02 bits per heavy atom. The standard InChI is InChI=1S/C37H70F2N8O2/c1-7-9-10-11-18-45-23-30(39)33(46-19-15-28(16-20-46)36(49)47-21-17-43-37(5,6)25-47)31(24-45)44-35(48)32(34(40)41)27(4)42-22-29(38)14-13-26(3)12-8-2/h26,28-34,43H,7-25,40-41H2,1-6H3,(H,44,48)/b42-27+. The molecule has 0 aromatic carbocycles. The second-order valence-corrected chi connectivity index (χ2v) is 15.9. The third kappa shape index (κ3) is 13.1. The zero-order chi connectivity index (χ0) is 36.1. The molecular formula is C37H70F2N8O2. The third-order valence-electron chi connectivity index (χ3n) is 10.9. The molecule has 3 aliphatic rings. The fourth-order valence-electron chi connectivity index (χ4n) is 8.11. The lowest BCUT2D eigenvalue weighted by atomic mass is 9.88. The zero-order valence-corrected chi connectivity index (χ0v) is 31.6. The van der Waals surface area contributed by atoms with Crippen LogP contribution in [0.15, 0.2) is 4.99 Å². The maximum atomic E-state index is 16.3. The molecule has 284 valence electrons. The molecule has 10 nitrogen and oxygen atoms in total. The van der Waals surface area contributed by atoms with E-state index in [9.17, 15) is 14.0 Å². The summed E-state index contributed by atoms with van der Waals surface area (Å²) in [6.07, 6.45) is 5.73. The van der Waals surface area contributed by atoms with Crippen molar-refractivity contribution in [3.63, 3.8) is 0 Å². The van der Waals surface area contributed by atoms with Crippen molar-refractivity contribution < 1.29 is 18.4 Å². The lowest BCUT2D eigenvalue weighted by Crippen LogP contribution is -2.68. The first-order valence-electron chi connectivity index (χ1n) is 19.4. The number of rotatable bonds is 18. The highest BCUT2D eigenvalue weighted by molar-refractivity contribution is 6.03. The van der Waals surface area contributed by atoms with E-state index >= 15 is 4.39 Å². The first-order chi connectivity index (χ1) is 23.3. The van der Waals surface area contributed by atoms with Gasteiger partial charge >= 0.3 is 0 Å². The molecule has 12 heteroatoms. The molecular weight excluding hydrogens is 626 g/mol. The highest BCUT2D eigenvalue weighted by Crippen LogP contribution is 2.28. The summed E-state index contributed by atoms with van der Waals surface area (Å²) in [7, 11) is 0. The molecule has 2 amide bonds. The van der Waals surface area contributed by atoms with E-state index in [2.05, 4.69) is 60.0 Å². The van der Waals surface area contributed by atoms with Gasteiger partial charge in [-0.25, -0.2) is 8.78 Å². The van der Waals surface area contributed by atoms with Crippen molar-refractivity contribution in [2.45, 2.75) is 142 Å². The fraction of sp³-hybridized carbons (Fsp3) is 0.919. The molecule has 3 heterocycles. The number of likely N-dealkylation sites (tertiary alicyclic amines) is 2. The Kier molecular flexibility index (Phi) is 17.3. The number of aliphatic imine (C=N–C) groups is 1. The van der Waals surface area contributed by atoms with E-state index in [1.165, 1.54) is 0 Å². The van der Waals surface area contributed by atoms with Gasteiger partial charge in [0.1, 0.15) is 18.3 Å². The van der Waals surface area contributed by atoms with E-state index in [4.69, 9.17) is 11.5 Å². The molecule has 0 aliphatic carbocycles. The number of carbonyl (C=O) groups excluding carboxylic acids is 2. The van der Waals surface area contributed by atoms with Crippen molar-refractivity contribution in [3.05, 3.63) is 0 Å². The van der Waals surface area contributed by atoms with Crippen molar-refractivity contribution >= 4 is 17.5 Å². The Labute approximate surface area is 295 Å². The molecule has 6 unspecified atom stereocenters. The number of piperazine rings is 1. The minimum atomic E-state index is -1.17. The maximum Gasteiger partial charge on any atom is 0.232 e. The number of hydrogen-bond acceptors (Lipinski definition) is 8. The number of nitrogens with two attached hydrogens (primary N) is 2. The predicted molar refractivity (Wildman–Crippen MR) is 196 cm³/mol. The van der Waals surface area contributed by atoms with Gasteiger partial charge in [-0.05, 0) is 78.4 Å². The van der Waals surface area contributed by atoms with E-state index in [0.717, 1.165) is 58.0 Å². The Balaban J connectivity index is 1.69. The van der Waals surface area contributed by atoms with Crippen LogP contribution in [0, 0.1) is 17.8 Å². The van der Waals surface area contributed by atoms with Crippen LogP contribution in [0.4, 0.5) is 8.78 Å². The summed E-state index contributed by atoms with van der Waals surface area (Å²) in [5.74, 6) is -0.772. The first-order valence-corrected chi connectivity index (χ1v) is 19.4. The molecule has 3 aliphatic heterocycles. The van der Waals surface area contributed by atoms with Crippen LogP contribution in [-0.2, 0) is 9.59 Å². The average Bonchev–Trinajstić information content (AvgIpc) is 3.04. The second-order valence-electron chi connectivity index (χ2n) is 15.9. The Morgan fingerprint density at radius 3 is 2.37 bits per heavy atom. The van der Waals surface area contributed by atoms with Gasteiger partial charge in [0.2, 0.25) is 11.8 Å². The summed E-state index contributed by atoms with van der Waals surface area (Å²) >= 11 is 0. The van der Waals surface area contributed by atoms with E-state index in [-0.39, 0.29) is 23.9 Å². The fourth-order valence-corrected chi connectivity index (χ4v) is 8.11. The summed E-state index contributed by atoms with van der Waals surface area (Å²) in [6, 6.07) is -1.02. The van der Waals surface area contributed by atoms with Gasteiger partial charge in [-0.3, -0.25) is 24.4 Å². The van der Waals surface area contributed by atoms with Crippen LogP contribution in [0.2, 0.25) is 0 Å². The largest absolute Gasteiger partial charge is 0.350 e. The summed E-state index contributed by atoms with van der Waals surface area (Å²) in [6.45, 7) is 17.3. The van der Waals surface area contributed by atoms with Crippen LogP contribution in [0.3, 0.4) is 0 Å². The van der Waals surface area contributed by atoms with Crippen LogP contribution in [0.25, 0.3) is 0 Å². The quantitative estimate of drug-likeness (QED) is 0.0973. The number of hydrogen-bond donors (Lipinski definition) is 4. The number of halogens is 2. The molecule has 3 rings (SSSR count). The number of nitrogens with one attached hydrogen (secondary N) is 2. The summed E-state index contributed by atoms with van der Waals surface area (Å²) < 4.78 is 31.0. The van der Waals surface area contributed by atoms with E-state index in [0.29, 0.717) is 70.2 Å². The molecule has 3 fully saturated rings. The van der Waals surface area contributed by atoms with Gasteiger partial charge in [0, 0.05) is 49.9 Å². The molecule has 49 heavy (non-hydrogen) atoms. The van der Waals surface area contributed by atoms with Crippen molar-refractivity contribution in [2.24, 2.45) is 34.2 Å². The second kappa shape index (κ2) is 20.3. The van der Waals surface area contributed by atoms with Crippen molar-refractivity contribution in [2.75, 3.05) is 58.9 Å². The maximum absolute atomic E-state index is 16.3. The number of piperidine rings is 2. The Hall–Kier alpha value is -1.73. The number of alkyl halides is 2. The Morgan fingerprint density at radius 2 is 1.73 bits per heavy atom. The molecule has 6 N–H and O–H groups in total. The molecule has 0 saturated carbocycles. The van der Waals surface area contributed by atoms with E-state index < -0.39 is 42.4 Å². The minimum Gasteiger partial charge on any atom is -0.350 e. The van der Waals surface area contributed by atoms with Crippen molar-refractivity contribution in [1.29, 1.82) is 0 Å². The lowest BCUT2D eigenvalue weighted by molar-refractivity contribution is -0.139. The van der Waals surface area contributed by atoms with E-state index in [1.807, 2.05) is 4.90 Å². The summed E-state index contributed by atoms with van der Waals surface area (Å²) in [5.41, 5.74) is 12.6. The smallest absolute Gasteiger partial charge is 0.232 e. The van der Waals surface area contributed by atoms with E-state index in [1.54, 1.807) is 6.92 Å². The molecule has 0 radical (unpaired) electrons. The number of nitrogens with zero attached hydrogens (tertiary/aromatic N) is 4. The van der Waals surface area contributed by atoms with Gasteiger partial charge in [-0.2, -0.15) is 0 Å². The molecule has 6 atom stereocenters. The van der Waals surface area contributed by atoms with Gasteiger partial charge in [-0.15, -0.1) is 0 Å². The highest BCUT2D eigenvalue weighted by atomic mass is 19.1. The number of amides is 2. The van der Waals surface area contributed by atoms with Gasteiger partial charge < -0.3 is 27.0 Å². The molecule has 0 bridgehead atoms. The average molecular weight is 697 g/mol. The predicted octanol–water partition coefficient (Wildman–Crippen LogP) is 3.87.